The molecule has 0 saturated heterocycles. The van der Waals surface area contributed by atoms with E-state index in [1.54, 1.807) is 49.6 Å². The zero-order chi connectivity index (χ0) is 31.3. The van der Waals surface area contributed by atoms with Crippen molar-refractivity contribution in [2.24, 2.45) is 0 Å². The van der Waals surface area contributed by atoms with E-state index in [1.807, 2.05) is 36.4 Å². The second kappa shape index (κ2) is 13.4. The van der Waals surface area contributed by atoms with Crippen molar-refractivity contribution in [2.75, 3.05) is 12.4 Å². The van der Waals surface area contributed by atoms with Gasteiger partial charge in [0, 0.05) is 16.1 Å². The van der Waals surface area contributed by atoms with Crippen molar-refractivity contribution in [1.29, 1.82) is 0 Å². The van der Waals surface area contributed by atoms with E-state index in [9.17, 15) is 23.1 Å². The molecular weight excluding hydrogens is 622 g/mol. The lowest BCUT2D eigenvalue weighted by atomic mass is 10.1. The molecule has 1 unspecified atom stereocenters. The van der Waals surface area contributed by atoms with Crippen LogP contribution < -0.4 is 14.8 Å². The van der Waals surface area contributed by atoms with Crippen molar-refractivity contribution in [3.05, 3.63) is 119 Å². The van der Waals surface area contributed by atoms with Crippen LogP contribution >= 0.6 is 22.9 Å². The molecule has 1 aromatic heterocycles. The molecule has 0 bridgehead atoms. The zero-order valence-corrected chi connectivity index (χ0v) is 25.6. The van der Waals surface area contributed by atoms with Gasteiger partial charge in [-0.25, -0.2) is 13.4 Å². The van der Waals surface area contributed by atoms with Crippen LogP contribution in [0.25, 0.3) is 21.7 Å². The molecule has 9 nitrogen and oxygen atoms in total. The first-order valence-electron chi connectivity index (χ1n) is 13.2. The molecule has 0 spiro atoms. The van der Waals surface area contributed by atoms with E-state index in [1.165, 1.54) is 35.6 Å². The summed E-state index contributed by atoms with van der Waals surface area (Å²) in [6, 6.07) is 27.3. The van der Waals surface area contributed by atoms with Gasteiger partial charge in [0.2, 0.25) is 10.0 Å². The Morgan fingerprint density at radius 3 is 2.16 bits per heavy atom. The van der Waals surface area contributed by atoms with Gasteiger partial charge in [-0.1, -0.05) is 65.4 Å². The summed E-state index contributed by atoms with van der Waals surface area (Å²) in [6.45, 7) is 0. The summed E-state index contributed by atoms with van der Waals surface area (Å²) in [5.74, 6) is -1.09. The van der Waals surface area contributed by atoms with Crippen LogP contribution in [0.1, 0.15) is 15.9 Å². The van der Waals surface area contributed by atoms with Gasteiger partial charge in [0.05, 0.1) is 22.6 Å². The van der Waals surface area contributed by atoms with Crippen LogP contribution in [-0.2, 0) is 21.2 Å². The summed E-state index contributed by atoms with van der Waals surface area (Å²) in [7, 11) is -2.60. The smallest absolute Gasteiger partial charge is 0.322 e. The summed E-state index contributed by atoms with van der Waals surface area (Å²) in [5, 5.41) is 13.3. The average molecular weight is 648 g/mol. The number of carbonyl (C=O) groups excluding carboxylic acids is 1. The van der Waals surface area contributed by atoms with Crippen molar-refractivity contribution >= 4 is 50.0 Å². The van der Waals surface area contributed by atoms with Crippen molar-refractivity contribution in [2.45, 2.75) is 17.4 Å². The van der Waals surface area contributed by atoms with Crippen LogP contribution in [0.3, 0.4) is 0 Å². The SMILES string of the molecule is COc1ccc(-c2sc(NC(=O)c3ccc(S(=O)(=O)NC(Cc4ccccc4)C(=O)O)cc3)nc2-c2ccc(Cl)cc2)cc1. The number of hydrogen-bond donors (Lipinski definition) is 3. The molecule has 0 aliphatic heterocycles. The fourth-order valence-electron chi connectivity index (χ4n) is 4.35. The molecule has 4 aromatic carbocycles. The van der Waals surface area contributed by atoms with Crippen LogP contribution in [-0.4, -0.2) is 43.5 Å². The number of rotatable bonds is 11. The van der Waals surface area contributed by atoms with Gasteiger partial charge in [-0.05, 0) is 78.2 Å². The molecular formula is C32H26ClN3O6S2. The minimum atomic E-state index is -4.19. The number of nitrogens with one attached hydrogen (secondary N) is 2. The van der Waals surface area contributed by atoms with E-state index >= 15 is 0 Å². The molecule has 12 heteroatoms. The third-order valence-electron chi connectivity index (χ3n) is 6.62. The van der Waals surface area contributed by atoms with E-state index in [0.29, 0.717) is 27.2 Å². The Bertz CT molecular complexity index is 1880. The monoisotopic (exact) mass is 647 g/mol. The summed E-state index contributed by atoms with van der Waals surface area (Å²) in [6.07, 6.45) is -0.0276. The molecule has 44 heavy (non-hydrogen) atoms. The van der Waals surface area contributed by atoms with Crippen LogP contribution in [0.2, 0.25) is 5.02 Å². The van der Waals surface area contributed by atoms with E-state index in [4.69, 9.17) is 16.3 Å². The molecule has 0 aliphatic rings. The molecule has 1 amide bonds. The van der Waals surface area contributed by atoms with Gasteiger partial charge in [-0.2, -0.15) is 4.72 Å². The Balaban J connectivity index is 1.35. The Hall–Kier alpha value is -4.55. The highest BCUT2D eigenvalue weighted by Crippen LogP contribution is 2.40. The number of nitrogens with zero attached hydrogens (tertiary/aromatic N) is 1. The average Bonchev–Trinajstić information content (AvgIpc) is 3.45. The molecule has 0 saturated carbocycles. The van der Waals surface area contributed by atoms with E-state index < -0.39 is 27.9 Å². The van der Waals surface area contributed by atoms with Gasteiger partial charge in [-0.3, -0.25) is 14.9 Å². The molecule has 1 heterocycles. The first kappa shape index (κ1) is 30.9. The number of carbonyl (C=O) groups is 2. The summed E-state index contributed by atoms with van der Waals surface area (Å²) >= 11 is 7.37. The first-order valence-corrected chi connectivity index (χ1v) is 15.9. The fourth-order valence-corrected chi connectivity index (χ4v) is 6.66. The van der Waals surface area contributed by atoms with Gasteiger partial charge in [0.1, 0.15) is 11.8 Å². The maximum atomic E-state index is 13.1. The standard InChI is InChI=1S/C32H26ClN3O6S2/c1-42-25-15-9-22(10-16-25)29-28(21-7-13-24(33)14-8-21)34-32(43-29)35-30(37)23-11-17-26(18-12-23)44(40,41)36-27(31(38)39)19-20-5-3-2-4-6-20/h2-18,27,36H,19H2,1H3,(H,38,39)(H,34,35,37). The second-order valence-electron chi connectivity index (χ2n) is 9.61. The largest absolute Gasteiger partial charge is 0.497 e. The number of aliphatic carboxylic acids is 1. The van der Waals surface area contributed by atoms with E-state index in [0.717, 1.165) is 16.0 Å². The number of thiazole rings is 1. The van der Waals surface area contributed by atoms with E-state index in [-0.39, 0.29) is 16.9 Å². The van der Waals surface area contributed by atoms with Crippen molar-refractivity contribution in [1.82, 2.24) is 9.71 Å². The number of ether oxygens (including phenoxy) is 1. The highest BCUT2D eigenvalue weighted by atomic mass is 35.5. The molecule has 0 fully saturated rings. The molecule has 5 aromatic rings. The number of carboxylic acid groups (broad SMARTS) is 1. The van der Waals surface area contributed by atoms with Crippen LogP contribution in [0.4, 0.5) is 5.13 Å². The molecule has 3 N–H and O–H groups in total. The number of methoxy groups -OCH3 is 1. The lowest BCUT2D eigenvalue weighted by molar-refractivity contribution is -0.138. The summed E-state index contributed by atoms with van der Waals surface area (Å²) in [5.41, 5.74) is 3.21. The predicted molar refractivity (Wildman–Crippen MR) is 171 cm³/mol. The maximum Gasteiger partial charge on any atom is 0.322 e. The Morgan fingerprint density at radius 2 is 1.55 bits per heavy atom. The normalized spacial score (nSPS) is 12.0. The maximum absolute atomic E-state index is 13.1. The third-order valence-corrected chi connectivity index (χ3v) is 9.38. The fraction of sp³-hybridized carbons (Fsp3) is 0.0938. The number of aromatic nitrogens is 1. The van der Waals surface area contributed by atoms with Gasteiger partial charge in [0.25, 0.3) is 5.91 Å². The topological polar surface area (TPSA) is 135 Å². The van der Waals surface area contributed by atoms with Gasteiger partial charge in [-0.15, -0.1) is 0 Å². The number of sulfonamides is 1. The summed E-state index contributed by atoms with van der Waals surface area (Å²) in [4.78, 5) is 30.3. The molecule has 0 aliphatic carbocycles. The van der Waals surface area contributed by atoms with E-state index in [2.05, 4.69) is 15.0 Å². The van der Waals surface area contributed by atoms with Crippen LogP contribution in [0.15, 0.2) is 108 Å². The quantitative estimate of drug-likeness (QED) is 0.152. The minimum absolute atomic E-state index is 0.0276. The Labute approximate surface area is 263 Å². The van der Waals surface area contributed by atoms with Crippen molar-refractivity contribution in [3.63, 3.8) is 0 Å². The lowest BCUT2D eigenvalue weighted by Crippen LogP contribution is -2.42. The van der Waals surface area contributed by atoms with Gasteiger partial charge < -0.3 is 9.84 Å². The highest BCUT2D eigenvalue weighted by Gasteiger charge is 2.26. The van der Waals surface area contributed by atoms with Crippen molar-refractivity contribution < 1.29 is 27.9 Å². The number of halogens is 1. The molecule has 224 valence electrons. The molecule has 5 rings (SSSR count). The Kier molecular flexibility index (Phi) is 9.40. The number of amides is 1. The first-order chi connectivity index (χ1) is 21.1. The predicted octanol–water partition coefficient (Wildman–Crippen LogP) is 6.37. The number of hydrogen-bond acceptors (Lipinski definition) is 7. The number of benzene rings is 4. The third kappa shape index (κ3) is 7.32. The highest BCUT2D eigenvalue weighted by molar-refractivity contribution is 7.89. The zero-order valence-electron chi connectivity index (χ0n) is 23.2. The van der Waals surface area contributed by atoms with Gasteiger partial charge >= 0.3 is 5.97 Å². The molecule has 1 atom stereocenters. The molecule has 0 radical (unpaired) electrons. The lowest BCUT2D eigenvalue weighted by Gasteiger charge is -2.15. The number of carboxylic acids is 1. The van der Waals surface area contributed by atoms with Crippen molar-refractivity contribution in [3.8, 4) is 27.4 Å². The minimum Gasteiger partial charge on any atom is -0.497 e. The van der Waals surface area contributed by atoms with Gasteiger partial charge in [0.15, 0.2) is 5.13 Å². The van der Waals surface area contributed by atoms with Crippen LogP contribution in [0, 0.1) is 0 Å². The summed E-state index contributed by atoms with van der Waals surface area (Å²) < 4.78 is 33.5. The Morgan fingerprint density at radius 1 is 0.909 bits per heavy atom. The van der Waals surface area contributed by atoms with Crippen LogP contribution in [0.5, 0.6) is 5.75 Å². The second-order valence-corrected chi connectivity index (χ2v) is 12.8. The number of anilines is 1.